The first-order valence-corrected chi connectivity index (χ1v) is 13.2. The van der Waals surface area contributed by atoms with Crippen LogP contribution in [0.4, 0.5) is 0 Å². The van der Waals surface area contributed by atoms with Crippen molar-refractivity contribution < 1.29 is 73.4 Å². The highest BCUT2D eigenvalue weighted by Gasteiger charge is 2.50. The van der Waals surface area contributed by atoms with Crippen LogP contribution in [0.1, 0.15) is 20.7 Å². The van der Waals surface area contributed by atoms with Crippen molar-refractivity contribution in [3.63, 3.8) is 0 Å². The van der Waals surface area contributed by atoms with Crippen LogP contribution in [0.2, 0.25) is 0 Å². The summed E-state index contributed by atoms with van der Waals surface area (Å²) in [6.45, 7) is -1.12. The van der Waals surface area contributed by atoms with Gasteiger partial charge in [-0.3, -0.25) is 0 Å². The molecule has 0 spiro atoms. The molecular formula is C28H34O15. The lowest BCUT2D eigenvalue weighted by molar-refractivity contribution is -0.376. The summed E-state index contributed by atoms with van der Waals surface area (Å²) < 4.78 is 37.0. The molecule has 6 N–H and O–H groups in total. The van der Waals surface area contributed by atoms with Crippen LogP contribution >= 0.6 is 0 Å². The summed E-state index contributed by atoms with van der Waals surface area (Å²) in [6.07, 6.45) is -17.1. The van der Waals surface area contributed by atoms with Crippen LogP contribution in [-0.4, -0.2) is 131 Å². The second kappa shape index (κ2) is 14.4. The molecule has 2 aromatic rings. The van der Waals surface area contributed by atoms with E-state index in [-0.39, 0.29) is 11.1 Å². The number of esters is 2. The standard InChI is InChI=1S/C28H34O15/c1-37-15-7-3-13(4-8-15)25(35)39-11-17-19(29)21(31)23(33)27(41-17)43-28-24(34)22(32)20(30)18(42-28)12-40-26(36)14-5-9-16(38-2)10-6-14/h3-10,17-24,27-34H,11-12H2,1-2H3/t17-,18-,19-,20-,21+,22+,23-,24-,27-,28?/m1/s1. The zero-order valence-electron chi connectivity index (χ0n) is 23.2. The van der Waals surface area contributed by atoms with Gasteiger partial charge in [0.05, 0.1) is 25.3 Å². The third-order valence-electron chi connectivity index (χ3n) is 7.01. The molecule has 10 atom stereocenters. The molecule has 1 unspecified atom stereocenters. The summed E-state index contributed by atoms with van der Waals surface area (Å²) in [5.41, 5.74) is 0.342. The first-order chi connectivity index (χ1) is 20.5. The van der Waals surface area contributed by atoms with E-state index < -0.39 is 86.6 Å². The number of carbonyl (C=O) groups excluding carboxylic acids is 2. The fraction of sp³-hybridized carbons (Fsp3) is 0.500. The number of benzene rings is 2. The van der Waals surface area contributed by atoms with Crippen molar-refractivity contribution in [1.82, 2.24) is 0 Å². The predicted molar refractivity (Wildman–Crippen MR) is 141 cm³/mol. The normalized spacial score (nSPS) is 32.5. The van der Waals surface area contributed by atoms with Crippen LogP contribution in [0.5, 0.6) is 11.5 Å². The van der Waals surface area contributed by atoms with Crippen LogP contribution in [0.25, 0.3) is 0 Å². The monoisotopic (exact) mass is 610 g/mol. The molecule has 0 saturated carbocycles. The van der Waals surface area contributed by atoms with Crippen LogP contribution in [0.3, 0.4) is 0 Å². The molecule has 0 radical (unpaired) electrons. The number of methoxy groups -OCH3 is 2. The van der Waals surface area contributed by atoms with Gasteiger partial charge in [0, 0.05) is 0 Å². The highest BCUT2D eigenvalue weighted by molar-refractivity contribution is 5.90. The molecular weight excluding hydrogens is 576 g/mol. The third-order valence-corrected chi connectivity index (χ3v) is 7.01. The summed E-state index contributed by atoms with van der Waals surface area (Å²) >= 11 is 0. The topological polar surface area (TPSA) is 220 Å². The van der Waals surface area contributed by atoms with Gasteiger partial charge in [-0.05, 0) is 48.5 Å². The number of carbonyl (C=O) groups is 2. The minimum Gasteiger partial charge on any atom is -0.497 e. The van der Waals surface area contributed by atoms with E-state index in [9.17, 15) is 40.2 Å². The lowest BCUT2D eigenvalue weighted by atomic mass is 9.98. The maximum atomic E-state index is 12.4. The summed E-state index contributed by atoms with van der Waals surface area (Å²) in [5, 5.41) is 62.5. The van der Waals surface area contributed by atoms with Gasteiger partial charge in [-0.25, -0.2) is 9.59 Å². The van der Waals surface area contributed by atoms with Crippen molar-refractivity contribution in [3.05, 3.63) is 59.7 Å². The molecule has 4 rings (SSSR count). The molecule has 2 fully saturated rings. The molecule has 0 amide bonds. The maximum Gasteiger partial charge on any atom is 0.338 e. The fourth-order valence-corrected chi connectivity index (χ4v) is 4.40. The van der Waals surface area contributed by atoms with Crippen LogP contribution in [0, 0.1) is 0 Å². The minimum absolute atomic E-state index is 0.171. The molecule has 2 aliphatic rings. The average Bonchev–Trinajstić information content (AvgIpc) is 3.03. The first-order valence-electron chi connectivity index (χ1n) is 13.2. The fourth-order valence-electron chi connectivity index (χ4n) is 4.40. The van der Waals surface area contributed by atoms with Crippen molar-refractivity contribution in [2.24, 2.45) is 0 Å². The Morgan fingerprint density at radius 2 is 0.930 bits per heavy atom. The Balaban J connectivity index is 1.37. The van der Waals surface area contributed by atoms with Gasteiger partial charge in [0.2, 0.25) is 0 Å². The van der Waals surface area contributed by atoms with E-state index in [2.05, 4.69) is 0 Å². The smallest absolute Gasteiger partial charge is 0.338 e. The highest BCUT2D eigenvalue weighted by atomic mass is 16.8. The largest absolute Gasteiger partial charge is 0.497 e. The molecule has 43 heavy (non-hydrogen) atoms. The van der Waals surface area contributed by atoms with E-state index in [1.54, 1.807) is 24.3 Å². The molecule has 2 saturated heterocycles. The zero-order chi connectivity index (χ0) is 31.3. The Bertz CT molecular complexity index is 1110. The molecule has 0 aliphatic carbocycles. The van der Waals surface area contributed by atoms with Gasteiger partial charge in [-0.2, -0.15) is 0 Å². The predicted octanol–water partition coefficient (Wildman–Crippen LogP) is -1.65. The number of hydrogen-bond donors (Lipinski definition) is 6. The van der Waals surface area contributed by atoms with Crippen LogP contribution in [0.15, 0.2) is 48.5 Å². The third kappa shape index (κ3) is 7.59. The Morgan fingerprint density at radius 3 is 1.26 bits per heavy atom. The molecule has 2 aliphatic heterocycles. The molecule has 2 heterocycles. The van der Waals surface area contributed by atoms with E-state index in [4.69, 9.17) is 33.2 Å². The van der Waals surface area contributed by atoms with E-state index in [1.807, 2.05) is 0 Å². The molecule has 0 aromatic heterocycles. The number of hydrogen-bond acceptors (Lipinski definition) is 15. The Morgan fingerprint density at radius 1 is 0.581 bits per heavy atom. The Labute approximate surface area is 245 Å². The molecule has 2 aromatic carbocycles. The van der Waals surface area contributed by atoms with Gasteiger partial charge in [0.25, 0.3) is 0 Å². The quantitative estimate of drug-likeness (QED) is 0.166. The number of aliphatic hydroxyl groups is 6. The second-order valence-corrected chi connectivity index (χ2v) is 9.82. The van der Waals surface area contributed by atoms with E-state index >= 15 is 0 Å². The van der Waals surface area contributed by atoms with Gasteiger partial charge < -0.3 is 63.8 Å². The zero-order valence-corrected chi connectivity index (χ0v) is 23.2. The lowest BCUT2D eigenvalue weighted by Crippen LogP contribution is -2.64. The summed E-state index contributed by atoms with van der Waals surface area (Å²) in [7, 11) is 2.93. The van der Waals surface area contributed by atoms with Crippen molar-refractivity contribution in [1.29, 1.82) is 0 Å². The van der Waals surface area contributed by atoms with E-state index in [0.717, 1.165) is 0 Å². The summed E-state index contributed by atoms with van der Waals surface area (Å²) in [4.78, 5) is 24.8. The van der Waals surface area contributed by atoms with Crippen molar-refractivity contribution in [3.8, 4) is 11.5 Å². The van der Waals surface area contributed by atoms with Gasteiger partial charge in [-0.15, -0.1) is 0 Å². The number of rotatable bonds is 10. The molecule has 236 valence electrons. The van der Waals surface area contributed by atoms with Crippen molar-refractivity contribution in [2.45, 2.75) is 61.4 Å². The van der Waals surface area contributed by atoms with Gasteiger partial charge in [0.1, 0.15) is 73.5 Å². The average molecular weight is 611 g/mol. The molecule has 15 heteroatoms. The van der Waals surface area contributed by atoms with E-state index in [1.165, 1.54) is 38.5 Å². The number of ether oxygens (including phenoxy) is 7. The molecule has 15 nitrogen and oxygen atoms in total. The van der Waals surface area contributed by atoms with Gasteiger partial charge in [0.15, 0.2) is 12.6 Å². The van der Waals surface area contributed by atoms with Crippen molar-refractivity contribution in [2.75, 3.05) is 27.4 Å². The summed E-state index contributed by atoms with van der Waals surface area (Å²) in [5.74, 6) is -0.511. The van der Waals surface area contributed by atoms with Gasteiger partial charge >= 0.3 is 11.9 Å². The van der Waals surface area contributed by atoms with Crippen LogP contribution in [-0.2, 0) is 23.7 Å². The van der Waals surface area contributed by atoms with Crippen molar-refractivity contribution >= 4 is 11.9 Å². The minimum atomic E-state index is -1.87. The maximum absolute atomic E-state index is 12.4. The number of aliphatic hydroxyl groups excluding tert-OH is 6. The van der Waals surface area contributed by atoms with Crippen LogP contribution < -0.4 is 9.47 Å². The Hall–Kier alpha value is -3.38. The lowest BCUT2D eigenvalue weighted by Gasteiger charge is -2.44. The molecule has 0 bridgehead atoms. The first kappa shape index (κ1) is 32.5. The van der Waals surface area contributed by atoms with E-state index in [0.29, 0.717) is 11.5 Å². The Kier molecular flexibility index (Phi) is 10.9. The summed E-state index contributed by atoms with van der Waals surface area (Å²) in [6, 6.07) is 12.0. The van der Waals surface area contributed by atoms with Gasteiger partial charge in [-0.1, -0.05) is 0 Å². The SMILES string of the molecule is COc1ccc(C(=O)OC[C@H]2O[C@H](OC3O[C@H](COC(=O)c4ccc(OC)cc4)[C@@H](O)[C@H](O)[C@H]3O)[C@H](O)[C@@H](O)[C@@H]2O)cc1. The highest BCUT2D eigenvalue weighted by Crippen LogP contribution is 2.29. The second-order valence-electron chi connectivity index (χ2n) is 9.82.